The maximum atomic E-state index is 13.5. The number of fused-ring (bicyclic) bond motifs is 2. The molecular formula is C36H43ClN8O3. The van der Waals surface area contributed by atoms with Crippen LogP contribution in [0.2, 0.25) is 5.02 Å². The fourth-order valence-electron chi connectivity index (χ4n) is 7.18. The summed E-state index contributed by atoms with van der Waals surface area (Å²) in [5.41, 5.74) is 7.56. The maximum Gasteiger partial charge on any atom is 0.291 e. The van der Waals surface area contributed by atoms with Crippen LogP contribution in [-0.4, -0.2) is 78.1 Å². The van der Waals surface area contributed by atoms with E-state index in [1.54, 1.807) is 13.0 Å². The Hall–Kier alpha value is -4.03. The molecule has 2 aromatic carbocycles. The van der Waals surface area contributed by atoms with Crippen molar-refractivity contribution in [3.05, 3.63) is 81.4 Å². The van der Waals surface area contributed by atoms with Crippen LogP contribution in [0.25, 0.3) is 11.1 Å². The van der Waals surface area contributed by atoms with Crippen LogP contribution in [0.4, 0.5) is 11.4 Å². The van der Waals surface area contributed by atoms with E-state index >= 15 is 0 Å². The van der Waals surface area contributed by atoms with Gasteiger partial charge in [0.1, 0.15) is 0 Å². The van der Waals surface area contributed by atoms with Crippen molar-refractivity contribution in [3.8, 4) is 11.1 Å². The van der Waals surface area contributed by atoms with E-state index in [0.29, 0.717) is 41.1 Å². The first-order chi connectivity index (χ1) is 23.1. The molecule has 1 saturated carbocycles. The van der Waals surface area contributed by atoms with Gasteiger partial charge >= 0.3 is 0 Å². The van der Waals surface area contributed by atoms with Crippen molar-refractivity contribution < 1.29 is 14.7 Å². The molecule has 0 bridgehead atoms. The van der Waals surface area contributed by atoms with Crippen molar-refractivity contribution in [2.45, 2.75) is 58.7 Å². The molecule has 0 spiro atoms. The monoisotopic (exact) mass is 670 g/mol. The highest BCUT2D eigenvalue weighted by molar-refractivity contribution is 6.36. The summed E-state index contributed by atoms with van der Waals surface area (Å²) in [7, 11) is 3.78. The van der Waals surface area contributed by atoms with Crippen molar-refractivity contribution in [1.82, 2.24) is 28.9 Å². The molecule has 12 heteroatoms. The summed E-state index contributed by atoms with van der Waals surface area (Å²) >= 11 is 6.97. The third kappa shape index (κ3) is 6.39. The van der Waals surface area contributed by atoms with Crippen LogP contribution in [0.3, 0.4) is 0 Å². The van der Waals surface area contributed by atoms with E-state index in [0.717, 1.165) is 84.4 Å². The largest absolute Gasteiger partial charge is 0.392 e. The third-order valence-electron chi connectivity index (χ3n) is 9.93. The summed E-state index contributed by atoms with van der Waals surface area (Å²) < 4.78 is 3.78. The van der Waals surface area contributed by atoms with Crippen molar-refractivity contribution in [2.24, 2.45) is 20.0 Å². The number of amides is 2. The SMILES string of the molecule is Cc1c(NC(=O)c2nc3c(n2C)CCN(C[C@H](C)O)C3)cccc1-c1cccc(NC(=O)c2nc3c(n2C)CCN(CC2CC2)C3)c1Cl. The van der Waals surface area contributed by atoms with Gasteiger partial charge in [-0.3, -0.25) is 19.4 Å². The van der Waals surface area contributed by atoms with Crippen molar-refractivity contribution in [1.29, 1.82) is 0 Å². The van der Waals surface area contributed by atoms with Crippen molar-refractivity contribution >= 4 is 34.8 Å². The van der Waals surface area contributed by atoms with E-state index < -0.39 is 6.10 Å². The lowest BCUT2D eigenvalue weighted by atomic mass is 9.98. The molecular weight excluding hydrogens is 628 g/mol. The second-order valence-corrected chi connectivity index (χ2v) is 14.0. The molecule has 4 heterocycles. The van der Waals surface area contributed by atoms with E-state index in [1.807, 2.05) is 60.5 Å². The van der Waals surface area contributed by atoms with Crippen LogP contribution in [0.15, 0.2) is 36.4 Å². The van der Waals surface area contributed by atoms with Gasteiger partial charge in [0.2, 0.25) is 0 Å². The predicted molar refractivity (Wildman–Crippen MR) is 186 cm³/mol. The number of benzene rings is 2. The van der Waals surface area contributed by atoms with Crippen LogP contribution in [0.5, 0.6) is 0 Å². The number of halogens is 1. The maximum absolute atomic E-state index is 13.5. The topological polar surface area (TPSA) is 121 Å². The number of carbonyl (C=O) groups is 2. The predicted octanol–water partition coefficient (Wildman–Crippen LogP) is 4.79. The molecule has 252 valence electrons. The fraction of sp³-hybridized carbons (Fsp3) is 0.444. The van der Waals surface area contributed by atoms with E-state index in [4.69, 9.17) is 21.6 Å². The van der Waals surface area contributed by atoms with Crippen LogP contribution in [0, 0.1) is 12.8 Å². The van der Waals surface area contributed by atoms with E-state index in [1.165, 1.54) is 12.8 Å². The molecule has 11 nitrogen and oxygen atoms in total. The summed E-state index contributed by atoms with van der Waals surface area (Å²) in [4.78, 5) is 41.1. The molecule has 3 N–H and O–H groups in total. The van der Waals surface area contributed by atoms with E-state index in [2.05, 4.69) is 20.4 Å². The van der Waals surface area contributed by atoms with Gasteiger partial charge in [0.05, 0.1) is 28.2 Å². The van der Waals surface area contributed by atoms with Gasteiger partial charge in [-0.2, -0.15) is 0 Å². The number of imidazole rings is 2. The van der Waals surface area contributed by atoms with Gasteiger partial charge in [-0.25, -0.2) is 9.97 Å². The lowest BCUT2D eigenvalue weighted by Gasteiger charge is -2.27. The molecule has 2 aliphatic heterocycles. The molecule has 2 amide bonds. The Bertz CT molecular complexity index is 1760. The number of carbonyl (C=O) groups excluding carboxylic acids is 2. The fourth-order valence-corrected chi connectivity index (χ4v) is 7.45. The van der Waals surface area contributed by atoms with Gasteiger partial charge in [-0.1, -0.05) is 35.9 Å². The molecule has 2 aromatic heterocycles. The number of aliphatic hydroxyl groups is 1. The second-order valence-electron chi connectivity index (χ2n) is 13.6. The number of aromatic nitrogens is 4. The first-order valence-electron chi connectivity index (χ1n) is 16.8. The Morgan fingerprint density at radius 1 is 0.875 bits per heavy atom. The quantitative estimate of drug-likeness (QED) is 0.234. The molecule has 48 heavy (non-hydrogen) atoms. The number of β-amino-alcohol motifs (C(OH)–C–C–N with tert-alkyl or cyclic N) is 1. The molecule has 4 aromatic rings. The Morgan fingerprint density at radius 2 is 1.42 bits per heavy atom. The van der Waals surface area contributed by atoms with E-state index in [9.17, 15) is 14.7 Å². The number of hydrogen-bond donors (Lipinski definition) is 3. The summed E-state index contributed by atoms with van der Waals surface area (Å²) in [6.07, 6.45) is 3.85. The van der Waals surface area contributed by atoms with Crippen LogP contribution in [-0.2, 0) is 40.0 Å². The van der Waals surface area contributed by atoms with Gasteiger partial charge < -0.3 is 24.9 Å². The van der Waals surface area contributed by atoms with Gasteiger partial charge in [-0.15, -0.1) is 0 Å². The molecule has 1 aliphatic carbocycles. The lowest BCUT2D eigenvalue weighted by molar-refractivity contribution is 0.100. The van der Waals surface area contributed by atoms with Crippen molar-refractivity contribution in [3.63, 3.8) is 0 Å². The Morgan fingerprint density at radius 3 is 2.02 bits per heavy atom. The van der Waals surface area contributed by atoms with Crippen LogP contribution in [0.1, 0.15) is 69.3 Å². The van der Waals surface area contributed by atoms with Crippen LogP contribution < -0.4 is 10.6 Å². The molecule has 7 rings (SSSR count). The van der Waals surface area contributed by atoms with Gasteiger partial charge in [0.25, 0.3) is 11.8 Å². The van der Waals surface area contributed by atoms with E-state index in [-0.39, 0.29) is 11.8 Å². The van der Waals surface area contributed by atoms with Crippen molar-refractivity contribution in [2.75, 3.05) is 36.8 Å². The minimum atomic E-state index is -0.423. The average Bonchev–Trinajstić information content (AvgIpc) is 3.72. The normalized spacial score (nSPS) is 17.1. The Labute approximate surface area is 285 Å². The zero-order valence-electron chi connectivity index (χ0n) is 28.0. The second kappa shape index (κ2) is 13.1. The third-order valence-corrected chi connectivity index (χ3v) is 10.3. The summed E-state index contributed by atoms with van der Waals surface area (Å²) in [6.45, 7) is 8.57. The lowest BCUT2D eigenvalue weighted by Crippen LogP contribution is -2.36. The first-order valence-corrected chi connectivity index (χ1v) is 17.2. The minimum Gasteiger partial charge on any atom is -0.392 e. The highest BCUT2D eigenvalue weighted by atomic mass is 35.5. The molecule has 3 aliphatic rings. The van der Waals surface area contributed by atoms with Crippen LogP contribution >= 0.6 is 11.6 Å². The number of aliphatic hydroxyl groups excluding tert-OH is 1. The van der Waals surface area contributed by atoms with Gasteiger partial charge in [0.15, 0.2) is 11.6 Å². The summed E-state index contributed by atoms with van der Waals surface area (Å²) in [6, 6.07) is 11.2. The first kappa shape index (κ1) is 32.5. The number of nitrogens with one attached hydrogen (secondary N) is 2. The molecule has 0 radical (unpaired) electrons. The van der Waals surface area contributed by atoms with Gasteiger partial charge in [-0.05, 0) is 55.9 Å². The molecule has 0 saturated heterocycles. The number of nitrogens with zero attached hydrogens (tertiary/aromatic N) is 6. The zero-order chi connectivity index (χ0) is 33.7. The minimum absolute atomic E-state index is 0.297. The number of anilines is 2. The summed E-state index contributed by atoms with van der Waals surface area (Å²) in [5, 5.41) is 16.3. The molecule has 1 atom stereocenters. The zero-order valence-corrected chi connectivity index (χ0v) is 28.8. The standard InChI is InChI=1S/C36H43ClN8O3/c1-21(46)17-44-15-13-30-28(19-44)38-33(42(30)3)35(47)40-26-9-5-7-24(22(26)2)25-8-6-10-27(32(25)37)41-36(48)34-39-29-20-45(18-23-11-12-23)16-14-31(29)43(34)4/h5-10,21,23,46H,11-20H2,1-4H3,(H,40,47)(H,41,48)/t21-/m0/s1. The highest BCUT2D eigenvalue weighted by Crippen LogP contribution is 2.38. The Balaban J connectivity index is 1.08. The number of rotatable bonds is 9. The van der Waals surface area contributed by atoms with Gasteiger partial charge in [0, 0.05) is 88.8 Å². The Kier molecular flexibility index (Phi) is 8.88. The molecule has 0 unspecified atom stereocenters. The number of hydrogen-bond acceptors (Lipinski definition) is 7. The molecule has 1 fully saturated rings. The smallest absolute Gasteiger partial charge is 0.291 e. The highest BCUT2D eigenvalue weighted by Gasteiger charge is 2.30. The average molecular weight is 671 g/mol. The summed E-state index contributed by atoms with van der Waals surface area (Å²) in [5.74, 6) is 0.938.